The second-order valence-electron chi connectivity index (χ2n) is 7.99. The molecule has 2 amide bonds. The van der Waals surface area contributed by atoms with E-state index in [1.165, 1.54) is 4.90 Å². The first-order valence-electron chi connectivity index (χ1n) is 10.3. The van der Waals surface area contributed by atoms with Crippen LogP contribution in [0.3, 0.4) is 0 Å². The number of H-pyrrole nitrogens is 2. The average Bonchev–Trinajstić information content (AvgIpc) is 3.43. The number of nitrogens with zero attached hydrogens (tertiary/aromatic N) is 1. The van der Waals surface area contributed by atoms with Crippen LogP contribution in [0.25, 0.3) is 33.0 Å². The molecule has 2 aromatic carbocycles. The van der Waals surface area contributed by atoms with Crippen LogP contribution in [0.4, 0.5) is 0 Å². The third-order valence-corrected chi connectivity index (χ3v) is 6.81. The molecule has 0 unspecified atom stereocenters. The average molecular weight is 448 g/mol. The van der Waals surface area contributed by atoms with E-state index in [4.69, 9.17) is 0 Å². The lowest BCUT2D eigenvalue weighted by atomic mass is 9.95. The maximum atomic E-state index is 13.5. The molecule has 1 aliphatic heterocycles. The number of aromatic amines is 2. The number of hydrogen-bond donors (Lipinski definition) is 2. The Morgan fingerprint density at radius 1 is 0.781 bits per heavy atom. The Labute approximate surface area is 184 Å². The Bertz CT molecular complexity index is 1430. The molecule has 1 aliphatic rings. The molecule has 5 rings (SSSR count). The van der Waals surface area contributed by atoms with Gasteiger partial charge in [-0.2, -0.15) is 0 Å². The van der Waals surface area contributed by atoms with E-state index < -0.39 is 21.7 Å². The summed E-state index contributed by atoms with van der Waals surface area (Å²) in [6.07, 6.45) is 4.84. The monoisotopic (exact) mass is 447 g/mol. The number of amides is 2. The summed E-state index contributed by atoms with van der Waals surface area (Å²) >= 11 is 0. The largest absolute Gasteiger partial charge is 0.361 e. The van der Waals surface area contributed by atoms with Crippen molar-refractivity contribution in [2.75, 3.05) is 18.6 Å². The molecule has 162 valence electrons. The molecule has 2 N–H and O–H groups in total. The summed E-state index contributed by atoms with van der Waals surface area (Å²) in [6, 6.07) is 15.2. The van der Waals surface area contributed by atoms with Gasteiger partial charge in [-0.25, -0.2) is 8.42 Å². The smallest absolute Gasteiger partial charge is 0.262 e. The summed E-state index contributed by atoms with van der Waals surface area (Å²) < 4.78 is 23.1. The van der Waals surface area contributed by atoms with Gasteiger partial charge in [-0.1, -0.05) is 36.4 Å². The maximum Gasteiger partial charge on any atom is 0.262 e. The minimum absolute atomic E-state index is 0.0441. The van der Waals surface area contributed by atoms with E-state index in [-0.39, 0.29) is 18.7 Å². The number of benzene rings is 2. The molecule has 7 nitrogen and oxygen atoms in total. The second kappa shape index (κ2) is 7.49. The third kappa shape index (κ3) is 3.33. The van der Waals surface area contributed by atoms with Crippen LogP contribution in [-0.2, 0) is 19.4 Å². The molecule has 0 fully saturated rings. The second-order valence-corrected chi connectivity index (χ2v) is 10.3. The van der Waals surface area contributed by atoms with E-state index in [9.17, 15) is 18.0 Å². The molecule has 8 heteroatoms. The van der Waals surface area contributed by atoms with Gasteiger partial charge in [-0.3, -0.25) is 14.5 Å². The molecular formula is C24H21N3O4S. The summed E-state index contributed by atoms with van der Waals surface area (Å²) in [5.74, 6) is -0.906. The molecule has 4 aromatic rings. The topological polar surface area (TPSA) is 103 Å². The highest BCUT2D eigenvalue weighted by atomic mass is 32.2. The minimum Gasteiger partial charge on any atom is -0.361 e. The number of aromatic nitrogens is 2. The molecule has 0 bridgehead atoms. The van der Waals surface area contributed by atoms with Gasteiger partial charge in [0.05, 0.1) is 16.9 Å². The summed E-state index contributed by atoms with van der Waals surface area (Å²) in [7, 11) is -3.19. The first kappa shape index (κ1) is 20.3. The van der Waals surface area contributed by atoms with E-state index in [0.29, 0.717) is 22.3 Å². The highest BCUT2D eigenvalue weighted by Crippen LogP contribution is 2.40. The number of rotatable bonds is 6. The van der Waals surface area contributed by atoms with Crippen LogP contribution in [0.15, 0.2) is 60.9 Å². The number of fused-ring (bicyclic) bond motifs is 2. The van der Waals surface area contributed by atoms with Crippen molar-refractivity contribution < 1.29 is 18.0 Å². The third-order valence-electron chi connectivity index (χ3n) is 5.78. The van der Waals surface area contributed by atoms with Gasteiger partial charge in [0.2, 0.25) is 0 Å². The minimum atomic E-state index is -3.19. The summed E-state index contributed by atoms with van der Waals surface area (Å²) in [4.78, 5) is 34.6. The van der Waals surface area contributed by atoms with Crippen molar-refractivity contribution in [1.82, 2.24) is 14.9 Å². The van der Waals surface area contributed by atoms with Gasteiger partial charge in [-0.05, 0) is 18.6 Å². The zero-order chi connectivity index (χ0) is 22.5. The first-order valence-corrected chi connectivity index (χ1v) is 12.3. The SMILES string of the molecule is CS(=O)(=O)CCCN1C(=O)C(c2c[nH]c3ccccc23)=C(c2c[nH]c3ccccc23)C1=O. The summed E-state index contributed by atoms with van der Waals surface area (Å²) in [6.45, 7) is 0.0441. The number of para-hydroxylation sites is 2. The van der Waals surface area contributed by atoms with E-state index in [1.807, 2.05) is 48.5 Å². The molecule has 3 heterocycles. The normalized spacial score (nSPS) is 15.0. The van der Waals surface area contributed by atoms with Crippen molar-refractivity contribution in [2.24, 2.45) is 0 Å². The van der Waals surface area contributed by atoms with Crippen molar-refractivity contribution >= 4 is 54.6 Å². The number of carbonyl (C=O) groups is 2. The Hall–Kier alpha value is -3.65. The zero-order valence-electron chi connectivity index (χ0n) is 17.4. The Kier molecular flexibility index (Phi) is 4.74. The van der Waals surface area contributed by atoms with Crippen LogP contribution in [0.1, 0.15) is 17.5 Å². The highest BCUT2D eigenvalue weighted by Gasteiger charge is 2.40. The van der Waals surface area contributed by atoms with Crippen LogP contribution in [0.2, 0.25) is 0 Å². The van der Waals surface area contributed by atoms with Crippen molar-refractivity contribution in [3.8, 4) is 0 Å². The van der Waals surface area contributed by atoms with Crippen molar-refractivity contribution in [2.45, 2.75) is 6.42 Å². The van der Waals surface area contributed by atoms with Gasteiger partial charge in [0.25, 0.3) is 11.8 Å². The van der Waals surface area contributed by atoms with Crippen LogP contribution >= 0.6 is 0 Å². The Morgan fingerprint density at radius 3 is 1.72 bits per heavy atom. The van der Waals surface area contributed by atoms with Gasteiger partial charge >= 0.3 is 0 Å². The van der Waals surface area contributed by atoms with E-state index in [1.54, 1.807) is 12.4 Å². The Morgan fingerprint density at radius 2 is 1.25 bits per heavy atom. The molecule has 0 atom stereocenters. The van der Waals surface area contributed by atoms with Crippen LogP contribution in [0.5, 0.6) is 0 Å². The predicted molar refractivity (Wildman–Crippen MR) is 124 cm³/mol. The van der Waals surface area contributed by atoms with E-state index >= 15 is 0 Å². The molecular weight excluding hydrogens is 426 g/mol. The van der Waals surface area contributed by atoms with Crippen molar-refractivity contribution in [1.29, 1.82) is 0 Å². The van der Waals surface area contributed by atoms with Gasteiger partial charge in [0.15, 0.2) is 0 Å². The fraction of sp³-hybridized carbons (Fsp3) is 0.167. The van der Waals surface area contributed by atoms with Crippen molar-refractivity contribution in [3.63, 3.8) is 0 Å². The highest BCUT2D eigenvalue weighted by molar-refractivity contribution is 7.90. The quantitative estimate of drug-likeness (QED) is 0.442. The lowest BCUT2D eigenvalue weighted by Crippen LogP contribution is -2.33. The van der Waals surface area contributed by atoms with Crippen LogP contribution in [-0.4, -0.2) is 53.7 Å². The fourth-order valence-corrected chi connectivity index (χ4v) is 4.97. The first-order chi connectivity index (χ1) is 15.3. The predicted octanol–water partition coefficient (Wildman–Crippen LogP) is 3.36. The van der Waals surface area contributed by atoms with Gasteiger partial charge in [-0.15, -0.1) is 0 Å². The van der Waals surface area contributed by atoms with Gasteiger partial charge in [0.1, 0.15) is 9.84 Å². The molecule has 32 heavy (non-hydrogen) atoms. The molecule has 2 aromatic heterocycles. The number of nitrogens with one attached hydrogen (secondary N) is 2. The van der Waals surface area contributed by atoms with Gasteiger partial charge in [0, 0.05) is 58.1 Å². The van der Waals surface area contributed by atoms with E-state index in [2.05, 4.69) is 9.97 Å². The summed E-state index contributed by atoms with van der Waals surface area (Å²) in [5.41, 5.74) is 3.70. The number of imide groups is 1. The lowest BCUT2D eigenvalue weighted by molar-refractivity contribution is -0.136. The van der Waals surface area contributed by atoms with E-state index in [0.717, 1.165) is 28.1 Å². The van der Waals surface area contributed by atoms with Crippen LogP contribution < -0.4 is 0 Å². The summed E-state index contributed by atoms with van der Waals surface area (Å²) in [5, 5.41) is 1.69. The van der Waals surface area contributed by atoms with Crippen molar-refractivity contribution in [3.05, 3.63) is 72.1 Å². The number of sulfone groups is 1. The molecule has 0 saturated carbocycles. The molecule has 0 aliphatic carbocycles. The lowest BCUT2D eigenvalue weighted by Gasteiger charge is -2.14. The van der Waals surface area contributed by atoms with Crippen LogP contribution in [0, 0.1) is 0 Å². The number of carbonyl (C=O) groups excluding carboxylic acids is 2. The molecule has 0 spiro atoms. The number of hydrogen-bond acceptors (Lipinski definition) is 4. The fourth-order valence-electron chi connectivity index (χ4n) is 4.32. The maximum absolute atomic E-state index is 13.5. The van der Waals surface area contributed by atoms with Gasteiger partial charge < -0.3 is 9.97 Å². The zero-order valence-corrected chi connectivity index (χ0v) is 18.2. The Balaban J connectivity index is 1.67. The molecule has 0 radical (unpaired) electrons. The standard InChI is InChI=1S/C24H21N3O4S/c1-32(30,31)12-6-11-27-23(28)21(17-13-25-19-9-4-2-7-15(17)19)22(24(27)29)18-14-26-20-10-5-3-8-16(18)20/h2-5,7-10,13-14,25-26H,6,11-12H2,1H3. The molecule has 0 saturated heterocycles.